The maximum Gasteiger partial charge on any atom is 0.290 e. The molecule has 10 heteroatoms. The van der Waals surface area contributed by atoms with Gasteiger partial charge in [-0.1, -0.05) is 6.42 Å². The number of rotatable bonds is 5. The number of hydrogen-bond donors (Lipinski definition) is 5. The predicted molar refractivity (Wildman–Crippen MR) is 115 cm³/mol. The first-order chi connectivity index (χ1) is 15.1. The maximum atomic E-state index is 13.8. The summed E-state index contributed by atoms with van der Waals surface area (Å²) in [5.74, 6) is 1.03. The van der Waals surface area contributed by atoms with Gasteiger partial charge in [0.2, 0.25) is 5.95 Å². The van der Waals surface area contributed by atoms with Gasteiger partial charge >= 0.3 is 0 Å². The number of fused-ring (bicyclic) bond motifs is 1. The minimum Gasteiger partial charge on any atom is -0.483 e. The van der Waals surface area contributed by atoms with E-state index in [-0.39, 0.29) is 12.3 Å². The summed E-state index contributed by atoms with van der Waals surface area (Å²) in [4.78, 5) is 20.1. The van der Waals surface area contributed by atoms with Gasteiger partial charge in [0.15, 0.2) is 0 Å². The van der Waals surface area contributed by atoms with Gasteiger partial charge in [-0.25, -0.2) is 9.37 Å². The molecule has 1 saturated carbocycles. The largest absolute Gasteiger partial charge is 0.483 e. The number of carboxylic acid groups (broad SMARTS) is 1. The molecule has 0 saturated heterocycles. The zero-order valence-corrected chi connectivity index (χ0v) is 16.6. The Morgan fingerprint density at radius 1 is 1.32 bits per heavy atom. The highest BCUT2D eigenvalue weighted by atomic mass is 19.1. The predicted octanol–water partition coefficient (Wildman–Crippen LogP) is 3.65. The fourth-order valence-electron chi connectivity index (χ4n) is 3.61. The number of nitrogens with one attached hydrogen (secondary N) is 3. The van der Waals surface area contributed by atoms with Crippen LogP contribution < -0.4 is 11.1 Å². The molecule has 9 nitrogen and oxygen atoms in total. The molecule has 3 heterocycles. The molecular formula is C21H22FN7O2. The molecule has 0 radical (unpaired) electrons. The van der Waals surface area contributed by atoms with Crippen LogP contribution >= 0.6 is 0 Å². The van der Waals surface area contributed by atoms with Crippen molar-refractivity contribution in [2.45, 2.75) is 31.7 Å². The van der Waals surface area contributed by atoms with Gasteiger partial charge < -0.3 is 21.1 Å². The minimum absolute atomic E-state index is 0.250. The molecule has 3 aromatic heterocycles. The number of aromatic amines is 2. The Hall–Kier alpha value is -3.95. The number of carbonyl (C=O) groups is 1. The van der Waals surface area contributed by atoms with Crippen molar-refractivity contribution in [3.8, 4) is 11.3 Å². The Kier molecular flexibility index (Phi) is 5.78. The first kappa shape index (κ1) is 20.3. The number of hydrogen-bond acceptors (Lipinski definition) is 6. The molecule has 1 aliphatic carbocycles. The number of halogens is 1. The Bertz CT molecular complexity index is 1200. The average Bonchev–Trinajstić information content (AvgIpc) is 3.35. The molecule has 0 spiro atoms. The van der Waals surface area contributed by atoms with Crippen LogP contribution in [0, 0.1) is 5.82 Å². The summed E-state index contributed by atoms with van der Waals surface area (Å²) >= 11 is 0. The molecule has 0 aliphatic heterocycles. The quantitative estimate of drug-likeness (QED) is 0.308. The van der Waals surface area contributed by atoms with Crippen molar-refractivity contribution >= 4 is 29.1 Å². The Morgan fingerprint density at radius 3 is 2.84 bits per heavy atom. The van der Waals surface area contributed by atoms with Crippen molar-refractivity contribution < 1.29 is 14.3 Å². The topological polar surface area (TPSA) is 146 Å². The summed E-state index contributed by atoms with van der Waals surface area (Å²) in [5.41, 5.74) is 10.3. The number of nitrogens with zero attached hydrogens (tertiary/aromatic N) is 3. The molecule has 4 aromatic rings. The van der Waals surface area contributed by atoms with Crippen LogP contribution in [0.3, 0.4) is 0 Å². The van der Waals surface area contributed by atoms with Crippen LogP contribution in [0.1, 0.15) is 36.4 Å². The van der Waals surface area contributed by atoms with Crippen molar-refractivity contribution in [2.75, 3.05) is 11.1 Å². The summed E-state index contributed by atoms with van der Waals surface area (Å²) < 4.78 is 13.8. The Labute approximate surface area is 176 Å². The van der Waals surface area contributed by atoms with E-state index < -0.39 is 0 Å². The van der Waals surface area contributed by atoms with Crippen LogP contribution in [0.15, 0.2) is 36.7 Å². The highest BCUT2D eigenvalue weighted by Crippen LogP contribution is 2.36. The number of nitrogen functional groups attached to an aromatic ring is 1. The average molecular weight is 423 g/mol. The minimum atomic E-state index is -0.289. The van der Waals surface area contributed by atoms with Crippen LogP contribution in [0.5, 0.6) is 0 Å². The van der Waals surface area contributed by atoms with E-state index in [1.54, 1.807) is 12.4 Å². The number of benzene rings is 1. The lowest BCUT2D eigenvalue weighted by molar-refractivity contribution is -0.122. The summed E-state index contributed by atoms with van der Waals surface area (Å²) in [5, 5.41) is 18.4. The summed E-state index contributed by atoms with van der Waals surface area (Å²) in [6.45, 7) is 0.138. The molecule has 1 aliphatic rings. The third kappa shape index (κ3) is 4.32. The summed E-state index contributed by atoms with van der Waals surface area (Å²) in [6, 6.07) is 6.93. The van der Waals surface area contributed by atoms with E-state index in [4.69, 9.17) is 15.6 Å². The second kappa shape index (κ2) is 8.82. The van der Waals surface area contributed by atoms with Crippen LogP contribution in [0.2, 0.25) is 0 Å². The lowest BCUT2D eigenvalue weighted by atomic mass is 9.83. The van der Waals surface area contributed by atoms with Gasteiger partial charge in [0.05, 0.1) is 11.3 Å². The molecule has 5 rings (SSSR count). The molecule has 160 valence electrons. The summed E-state index contributed by atoms with van der Waals surface area (Å²) in [7, 11) is 0. The monoisotopic (exact) mass is 423 g/mol. The Morgan fingerprint density at radius 2 is 2.13 bits per heavy atom. The molecule has 0 bridgehead atoms. The van der Waals surface area contributed by atoms with E-state index in [0.717, 1.165) is 27.9 Å². The van der Waals surface area contributed by atoms with Crippen LogP contribution in [-0.2, 0) is 11.3 Å². The van der Waals surface area contributed by atoms with E-state index in [1.165, 1.54) is 31.4 Å². The molecule has 6 N–H and O–H groups in total. The zero-order chi connectivity index (χ0) is 21.8. The fraction of sp³-hybridized carbons (Fsp3) is 0.238. The van der Waals surface area contributed by atoms with E-state index >= 15 is 0 Å². The number of anilines is 2. The van der Waals surface area contributed by atoms with Crippen molar-refractivity contribution in [3.05, 3.63) is 53.7 Å². The Balaban J connectivity index is 0.000000730. The van der Waals surface area contributed by atoms with Gasteiger partial charge in [-0.3, -0.25) is 9.89 Å². The number of H-pyrrole nitrogens is 2. The van der Waals surface area contributed by atoms with Gasteiger partial charge in [0.25, 0.3) is 6.47 Å². The van der Waals surface area contributed by atoms with Crippen molar-refractivity contribution in [1.82, 2.24) is 25.1 Å². The smallest absolute Gasteiger partial charge is 0.290 e. The molecule has 0 atom stereocenters. The lowest BCUT2D eigenvalue weighted by Crippen LogP contribution is -2.08. The molecule has 0 amide bonds. The van der Waals surface area contributed by atoms with Crippen molar-refractivity contribution in [3.63, 3.8) is 0 Å². The molecule has 0 unspecified atom stereocenters. The van der Waals surface area contributed by atoms with E-state index in [0.29, 0.717) is 29.8 Å². The first-order valence-electron chi connectivity index (χ1n) is 9.84. The van der Waals surface area contributed by atoms with Crippen LogP contribution in [-0.4, -0.2) is 36.7 Å². The summed E-state index contributed by atoms with van der Waals surface area (Å²) in [6.07, 6.45) is 7.13. The highest BCUT2D eigenvalue weighted by molar-refractivity contribution is 5.83. The fourth-order valence-corrected chi connectivity index (χ4v) is 3.61. The second-order valence-electron chi connectivity index (χ2n) is 7.29. The molecule has 31 heavy (non-hydrogen) atoms. The normalized spacial score (nSPS) is 13.3. The molecular weight excluding hydrogens is 401 g/mol. The number of aromatic nitrogens is 5. The third-order valence-corrected chi connectivity index (χ3v) is 5.39. The van der Waals surface area contributed by atoms with E-state index in [2.05, 4.69) is 30.5 Å². The maximum absolute atomic E-state index is 13.8. The van der Waals surface area contributed by atoms with Gasteiger partial charge in [0.1, 0.15) is 11.6 Å². The van der Waals surface area contributed by atoms with Gasteiger partial charge in [-0.05, 0) is 42.7 Å². The third-order valence-electron chi connectivity index (χ3n) is 5.39. The van der Waals surface area contributed by atoms with Crippen molar-refractivity contribution in [2.24, 2.45) is 0 Å². The lowest BCUT2D eigenvalue weighted by Gasteiger charge is -2.23. The van der Waals surface area contributed by atoms with Gasteiger partial charge in [-0.2, -0.15) is 10.1 Å². The van der Waals surface area contributed by atoms with E-state index in [9.17, 15) is 4.39 Å². The van der Waals surface area contributed by atoms with Gasteiger partial charge in [-0.15, -0.1) is 0 Å². The van der Waals surface area contributed by atoms with E-state index in [1.807, 2.05) is 12.1 Å². The number of nitrogens with two attached hydrogens (primary N) is 1. The van der Waals surface area contributed by atoms with Crippen LogP contribution in [0.25, 0.3) is 22.2 Å². The first-order valence-corrected chi connectivity index (χ1v) is 9.84. The second-order valence-corrected chi connectivity index (χ2v) is 7.29. The van der Waals surface area contributed by atoms with Crippen molar-refractivity contribution in [1.29, 1.82) is 0 Å². The standard InChI is InChI=1S/C20H20FN7.CH2O2/c21-13-6-12(14-4-5-23-17(14)7-13)9-24-20-25-10-15(19(22)26-20)18-8-16(27-28-18)11-2-1-3-11;2-1-3/h4-8,10-11,23H,1-3,9H2,(H,27,28)(H3,22,24,25,26);1H,(H,2,3). The highest BCUT2D eigenvalue weighted by Gasteiger charge is 2.22. The molecule has 1 aromatic carbocycles. The van der Waals surface area contributed by atoms with Crippen LogP contribution in [0.4, 0.5) is 16.2 Å². The SMILES string of the molecule is Nc1nc(NCc2cc(F)cc3[nH]ccc23)ncc1-c1cc(C2CCC2)[nH]n1.O=CO. The van der Waals surface area contributed by atoms with Gasteiger partial charge in [0, 0.05) is 41.5 Å². The zero-order valence-electron chi connectivity index (χ0n) is 16.6. The molecule has 1 fully saturated rings.